The molecule has 0 amide bonds. The summed E-state index contributed by atoms with van der Waals surface area (Å²) in [5.41, 5.74) is 0. The van der Waals surface area contributed by atoms with E-state index in [1.807, 2.05) is 0 Å². The third-order valence-electron chi connectivity index (χ3n) is 0. The SMILES string of the molecule is O=S(=O)(O)O.[Bi]. The fourth-order valence-corrected chi connectivity index (χ4v) is 0. The molecule has 0 aromatic carbocycles. The van der Waals surface area contributed by atoms with Gasteiger partial charge < -0.3 is 0 Å². The Labute approximate surface area is 54.3 Å². The van der Waals surface area contributed by atoms with Crippen LogP contribution >= 0.6 is 0 Å². The maximum absolute atomic E-state index is 8.74. The van der Waals surface area contributed by atoms with Crippen LogP contribution in [0.25, 0.3) is 0 Å². The molecule has 0 unspecified atom stereocenters. The number of hydrogen-bond acceptors (Lipinski definition) is 2. The molecule has 0 aromatic rings. The van der Waals surface area contributed by atoms with Crippen molar-refractivity contribution in [3.05, 3.63) is 0 Å². The van der Waals surface area contributed by atoms with Gasteiger partial charge in [-0.05, 0) is 0 Å². The average molecular weight is 307 g/mol. The second kappa shape index (κ2) is 2.85. The molecule has 0 spiro atoms. The van der Waals surface area contributed by atoms with E-state index >= 15 is 0 Å². The van der Waals surface area contributed by atoms with Gasteiger partial charge in [0.1, 0.15) is 0 Å². The smallest absolute Gasteiger partial charge is 0.264 e. The molecule has 0 aromatic heterocycles. The Bertz CT molecular complexity index is 90.7. The van der Waals surface area contributed by atoms with Crippen LogP contribution in [0.5, 0.6) is 0 Å². The minimum Gasteiger partial charge on any atom is -0.264 e. The largest absolute Gasteiger partial charge is 0.394 e. The maximum atomic E-state index is 8.74. The van der Waals surface area contributed by atoms with E-state index in [4.69, 9.17) is 17.5 Å². The van der Waals surface area contributed by atoms with Gasteiger partial charge in [0.2, 0.25) is 0 Å². The summed E-state index contributed by atoms with van der Waals surface area (Å²) in [5.74, 6) is 0. The van der Waals surface area contributed by atoms with Crippen molar-refractivity contribution in [2.24, 2.45) is 0 Å². The van der Waals surface area contributed by atoms with Gasteiger partial charge in [-0.25, -0.2) is 0 Å². The van der Waals surface area contributed by atoms with Crippen molar-refractivity contribution in [3.63, 3.8) is 0 Å². The first-order valence-corrected chi connectivity index (χ1v) is 2.10. The molecule has 0 bridgehead atoms. The summed E-state index contributed by atoms with van der Waals surface area (Å²) >= 11 is 0. The summed E-state index contributed by atoms with van der Waals surface area (Å²) in [7, 11) is -4.67. The molecule has 0 aliphatic heterocycles. The Hall–Kier alpha value is 0.753. The topological polar surface area (TPSA) is 74.6 Å². The molecule has 0 rings (SSSR count). The van der Waals surface area contributed by atoms with Crippen LogP contribution in [-0.2, 0) is 10.4 Å². The summed E-state index contributed by atoms with van der Waals surface area (Å²) in [6.07, 6.45) is 0. The third-order valence-corrected chi connectivity index (χ3v) is 0. The second-order valence-electron chi connectivity index (χ2n) is 0.448. The van der Waals surface area contributed by atoms with E-state index in [9.17, 15) is 0 Å². The van der Waals surface area contributed by atoms with E-state index in [1.54, 1.807) is 0 Å². The van der Waals surface area contributed by atoms with E-state index in [0.717, 1.165) is 0 Å². The number of hydrogen-bond donors (Lipinski definition) is 2. The van der Waals surface area contributed by atoms with Gasteiger partial charge >= 0.3 is 10.4 Å². The Kier molecular flexibility index (Phi) is 4.70. The van der Waals surface area contributed by atoms with Crippen LogP contribution in [0.1, 0.15) is 0 Å². The average Bonchev–Trinajstić information content (AvgIpc) is 0.722. The Morgan fingerprint density at radius 3 is 1.17 bits per heavy atom. The van der Waals surface area contributed by atoms with Gasteiger partial charge in [-0.1, -0.05) is 0 Å². The van der Waals surface area contributed by atoms with Gasteiger partial charge in [-0.15, -0.1) is 0 Å². The third kappa shape index (κ3) is 118. The first-order valence-electron chi connectivity index (χ1n) is 0.698. The van der Waals surface area contributed by atoms with E-state index in [2.05, 4.69) is 0 Å². The van der Waals surface area contributed by atoms with E-state index in [1.165, 1.54) is 0 Å². The van der Waals surface area contributed by atoms with Crippen molar-refractivity contribution in [2.45, 2.75) is 0 Å². The van der Waals surface area contributed by atoms with Crippen LogP contribution in [-0.4, -0.2) is 43.7 Å². The molecule has 0 fully saturated rings. The molecule has 0 saturated carbocycles. The Balaban J connectivity index is 0. The summed E-state index contributed by atoms with van der Waals surface area (Å²) in [6, 6.07) is 0. The molecule has 0 atom stereocenters. The molecule has 0 aliphatic rings. The molecular formula is H2BiO4S. The van der Waals surface area contributed by atoms with Crippen molar-refractivity contribution in [1.82, 2.24) is 0 Å². The monoisotopic (exact) mass is 307 g/mol. The molecule has 0 heterocycles. The van der Waals surface area contributed by atoms with E-state index < -0.39 is 10.4 Å². The van der Waals surface area contributed by atoms with Gasteiger partial charge in [0.05, 0.1) is 0 Å². The van der Waals surface area contributed by atoms with Crippen molar-refractivity contribution in [3.8, 4) is 0 Å². The first-order chi connectivity index (χ1) is 2.00. The quantitative estimate of drug-likeness (QED) is 0.443. The van der Waals surface area contributed by atoms with Gasteiger partial charge in [-0.3, -0.25) is 9.11 Å². The van der Waals surface area contributed by atoms with Crippen molar-refractivity contribution in [2.75, 3.05) is 0 Å². The summed E-state index contributed by atoms with van der Waals surface area (Å²) < 4.78 is 31.6. The van der Waals surface area contributed by atoms with Gasteiger partial charge in [0.15, 0.2) is 0 Å². The normalized spacial score (nSPS) is 9.67. The molecule has 0 aliphatic carbocycles. The summed E-state index contributed by atoms with van der Waals surface area (Å²) in [6.45, 7) is 0. The number of rotatable bonds is 0. The Morgan fingerprint density at radius 2 is 1.17 bits per heavy atom. The molecule has 4 nitrogen and oxygen atoms in total. The van der Waals surface area contributed by atoms with Crippen LogP contribution in [0.15, 0.2) is 0 Å². The molecule has 3 radical (unpaired) electrons. The maximum Gasteiger partial charge on any atom is 0.394 e. The van der Waals surface area contributed by atoms with Crippen molar-refractivity contribution < 1.29 is 17.5 Å². The zero-order valence-electron chi connectivity index (χ0n) is 2.57. The summed E-state index contributed by atoms with van der Waals surface area (Å²) in [5, 5.41) is 0. The zero-order chi connectivity index (χ0) is 4.50. The molecule has 6 heteroatoms. The Morgan fingerprint density at radius 1 is 1.17 bits per heavy atom. The van der Waals surface area contributed by atoms with Gasteiger partial charge in [0.25, 0.3) is 0 Å². The van der Waals surface area contributed by atoms with Crippen LogP contribution < -0.4 is 0 Å². The molecule has 2 N–H and O–H groups in total. The molecular weight excluding hydrogens is 305 g/mol. The fraction of sp³-hybridized carbons (Fsp3) is 0. The summed E-state index contributed by atoms with van der Waals surface area (Å²) in [4.78, 5) is 0. The standard InChI is InChI=1S/Bi.H2O4S/c;1-5(2,3)4/h;(H2,1,2,3,4). The van der Waals surface area contributed by atoms with Crippen molar-refractivity contribution >= 4 is 36.6 Å². The predicted octanol–water partition coefficient (Wildman–Crippen LogP) is -1.03. The van der Waals surface area contributed by atoms with Crippen LogP contribution in [0.3, 0.4) is 0 Å². The van der Waals surface area contributed by atoms with Gasteiger partial charge in [0, 0.05) is 26.2 Å². The molecule has 37 valence electrons. The first kappa shape index (κ1) is 9.89. The van der Waals surface area contributed by atoms with Crippen LogP contribution in [0.2, 0.25) is 0 Å². The van der Waals surface area contributed by atoms with Crippen molar-refractivity contribution in [1.29, 1.82) is 0 Å². The fourth-order valence-electron chi connectivity index (χ4n) is 0. The minimum absolute atomic E-state index is 0. The predicted molar refractivity (Wildman–Crippen MR) is 19.9 cm³/mol. The van der Waals surface area contributed by atoms with Crippen LogP contribution in [0, 0.1) is 0 Å². The molecule has 6 heavy (non-hydrogen) atoms. The van der Waals surface area contributed by atoms with E-state index in [0.29, 0.717) is 0 Å². The minimum atomic E-state index is -4.67. The zero-order valence-corrected chi connectivity index (χ0v) is 6.86. The van der Waals surface area contributed by atoms with E-state index in [-0.39, 0.29) is 26.2 Å². The van der Waals surface area contributed by atoms with Gasteiger partial charge in [-0.2, -0.15) is 8.42 Å². The second-order valence-corrected chi connectivity index (χ2v) is 1.34. The van der Waals surface area contributed by atoms with Crippen LogP contribution in [0.4, 0.5) is 0 Å². The molecule has 0 saturated heterocycles.